The Kier molecular flexibility index (Phi) is 4.47. The molecule has 0 bridgehead atoms. The smallest absolute Gasteiger partial charge is 0.261 e. The first-order valence-corrected chi connectivity index (χ1v) is 7.62. The van der Waals surface area contributed by atoms with Crippen LogP contribution in [0, 0.1) is 0 Å². The Hall–Kier alpha value is -1.68. The van der Waals surface area contributed by atoms with Gasteiger partial charge in [0.25, 0.3) is 5.91 Å². The molecule has 0 aromatic heterocycles. The van der Waals surface area contributed by atoms with Crippen LogP contribution in [-0.4, -0.2) is 54.7 Å². The van der Waals surface area contributed by atoms with Crippen LogP contribution in [0.3, 0.4) is 0 Å². The number of nitrogens with zero attached hydrogens (tertiary/aromatic N) is 1. The van der Waals surface area contributed by atoms with Gasteiger partial charge in [0.2, 0.25) is 10.0 Å². The van der Waals surface area contributed by atoms with Crippen LogP contribution in [0.2, 0.25) is 0 Å². The van der Waals surface area contributed by atoms with E-state index in [1.807, 2.05) is 0 Å². The van der Waals surface area contributed by atoms with Crippen LogP contribution >= 0.6 is 0 Å². The predicted molar refractivity (Wildman–Crippen MR) is 71.2 cm³/mol. The van der Waals surface area contributed by atoms with Gasteiger partial charge >= 0.3 is 0 Å². The quantitative estimate of drug-likeness (QED) is 0.501. The number of hydroxylamine groups is 1. The number of hydrogen-bond donors (Lipinski definition) is 3. The molecule has 1 fully saturated rings. The maximum Gasteiger partial charge on any atom is 0.261 e. The van der Waals surface area contributed by atoms with Crippen LogP contribution in [0.4, 0.5) is 0 Å². The number of aliphatic hydroxyl groups excluding tert-OH is 1. The van der Waals surface area contributed by atoms with Crippen molar-refractivity contribution in [2.24, 2.45) is 0 Å². The molecule has 2 atom stereocenters. The summed E-state index contributed by atoms with van der Waals surface area (Å²) in [6.45, 7) is -0.202. The second-order valence-electron chi connectivity index (χ2n) is 4.63. The molecule has 1 heterocycles. The number of benzene rings is 1. The topological polar surface area (TPSA) is 116 Å². The number of methoxy groups -OCH3 is 1. The molecule has 0 radical (unpaired) electrons. The van der Waals surface area contributed by atoms with E-state index in [2.05, 4.69) is 0 Å². The van der Waals surface area contributed by atoms with Gasteiger partial charge in [-0.15, -0.1) is 0 Å². The average Bonchev–Trinajstić information content (AvgIpc) is 2.89. The molecular formula is C12H16N2O6S. The first-order valence-electron chi connectivity index (χ1n) is 6.18. The molecule has 1 aromatic carbocycles. The lowest BCUT2D eigenvalue weighted by atomic mass is 10.2. The molecule has 21 heavy (non-hydrogen) atoms. The Morgan fingerprint density at radius 1 is 1.38 bits per heavy atom. The minimum atomic E-state index is -3.96. The molecule has 1 aliphatic heterocycles. The molecule has 0 aliphatic carbocycles. The van der Waals surface area contributed by atoms with Gasteiger partial charge in [-0.1, -0.05) is 0 Å². The molecule has 1 aliphatic rings. The lowest BCUT2D eigenvalue weighted by Crippen LogP contribution is -2.45. The number of aliphatic hydroxyl groups is 1. The minimum Gasteiger partial charge on any atom is -0.497 e. The molecule has 3 N–H and O–H groups in total. The highest BCUT2D eigenvalue weighted by atomic mass is 32.2. The van der Waals surface area contributed by atoms with Gasteiger partial charge in [-0.2, -0.15) is 4.31 Å². The monoisotopic (exact) mass is 316 g/mol. The first kappa shape index (κ1) is 15.7. The Morgan fingerprint density at radius 2 is 2.00 bits per heavy atom. The molecule has 9 heteroatoms. The van der Waals surface area contributed by atoms with Gasteiger partial charge in [0.05, 0.1) is 18.1 Å². The summed E-state index contributed by atoms with van der Waals surface area (Å²) in [7, 11) is -2.49. The number of ether oxygens (including phenoxy) is 1. The van der Waals surface area contributed by atoms with E-state index in [4.69, 9.17) is 9.94 Å². The van der Waals surface area contributed by atoms with Crippen LogP contribution in [-0.2, 0) is 14.8 Å². The number of sulfonamides is 1. The third kappa shape index (κ3) is 3.00. The van der Waals surface area contributed by atoms with E-state index in [1.54, 1.807) is 0 Å². The van der Waals surface area contributed by atoms with E-state index < -0.39 is 28.1 Å². The summed E-state index contributed by atoms with van der Waals surface area (Å²) in [5.74, 6) is -0.372. The Labute approximate surface area is 122 Å². The Bertz CT molecular complexity index is 615. The second-order valence-corrected chi connectivity index (χ2v) is 6.52. The maximum atomic E-state index is 12.5. The van der Waals surface area contributed by atoms with Crippen LogP contribution in [0.25, 0.3) is 0 Å². The van der Waals surface area contributed by atoms with Crippen molar-refractivity contribution in [3.8, 4) is 5.75 Å². The highest BCUT2D eigenvalue weighted by molar-refractivity contribution is 7.89. The van der Waals surface area contributed by atoms with Gasteiger partial charge in [-0.25, -0.2) is 13.9 Å². The van der Waals surface area contributed by atoms with E-state index in [9.17, 15) is 18.3 Å². The molecule has 116 valence electrons. The van der Waals surface area contributed by atoms with Crippen molar-refractivity contribution in [3.05, 3.63) is 24.3 Å². The zero-order valence-corrected chi connectivity index (χ0v) is 12.1. The summed E-state index contributed by atoms with van der Waals surface area (Å²) in [6.07, 6.45) is -1.03. The minimum absolute atomic E-state index is 0.0202. The fourth-order valence-corrected chi connectivity index (χ4v) is 3.88. The molecule has 1 saturated heterocycles. The van der Waals surface area contributed by atoms with Crippen LogP contribution in [0.5, 0.6) is 5.75 Å². The normalized spacial score (nSPS) is 23.0. The molecular weight excluding hydrogens is 300 g/mol. The van der Waals surface area contributed by atoms with Crippen LogP contribution in [0.15, 0.2) is 29.2 Å². The lowest BCUT2D eigenvalue weighted by molar-refractivity contribution is -0.132. The molecule has 0 saturated carbocycles. The zero-order valence-electron chi connectivity index (χ0n) is 11.3. The predicted octanol–water partition coefficient (Wildman–Crippen LogP) is -0.675. The van der Waals surface area contributed by atoms with Crippen molar-refractivity contribution in [2.45, 2.75) is 23.5 Å². The van der Waals surface area contributed by atoms with E-state index in [-0.39, 0.29) is 17.9 Å². The van der Waals surface area contributed by atoms with Crippen molar-refractivity contribution >= 4 is 15.9 Å². The van der Waals surface area contributed by atoms with Gasteiger partial charge in [0, 0.05) is 13.0 Å². The van der Waals surface area contributed by atoms with Gasteiger partial charge in [0.1, 0.15) is 11.8 Å². The summed E-state index contributed by atoms with van der Waals surface area (Å²) in [4.78, 5) is 11.5. The summed E-state index contributed by atoms with van der Waals surface area (Å²) in [6, 6.07) is 4.54. The van der Waals surface area contributed by atoms with Crippen LogP contribution < -0.4 is 10.2 Å². The van der Waals surface area contributed by atoms with Crippen LogP contribution in [0.1, 0.15) is 6.42 Å². The second kappa shape index (κ2) is 5.98. The number of carbonyl (C=O) groups is 1. The number of β-amino-alcohol motifs (C(OH)–C–C–N with tert-alkyl or cyclic N) is 1. The summed E-state index contributed by atoms with van der Waals surface area (Å²) in [5, 5.41) is 18.3. The highest BCUT2D eigenvalue weighted by Gasteiger charge is 2.43. The summed E-state index contributed by atoms with van der Waals surface area (Å²) < 4.78 is 30.9. The third-order valence-electron chi connectivity index (χ3n) is 3.31. The van der Waals surface area contributed by atoms with Crippen molar-refractivity contribution in [2.75, 3.05) is 13.7 Å². The number of nitrogens with one attached hydrogen (secondary N) is 1. The maximum absolute atomic E-state index is 12.5. The van der Waals surface area contributed by atoms with Crippen molar-refractivity contribution in [1.82, 2.24) is 9.79 Å². The van der Waals surface area contributed by atoms with Gasteiger partial charge < -0.3 is 9.84 Å². The number of hydrogen-bond acceptors (Lipinski definition) is 6. The average molecular weight is 316 g/mol. The van der Waals surface area contributed by atoms with Crippen molar-refractivity contribution in [3.63, 3.8) is 0 Å². The fraction of sp³-hybridized carbons (Fsp3) is 0.417. The van der Waals surface area contributed by atoms with E-state index >= 15 is 0 Å². The fourth-order valence-electron chi connectivity index (χ4n) is 2.25. The van der Waals surface area contributed by atoms with E-state index in [0.717, 1.165) is 4.31 Å². The van der Waals surface area contributed by atoms with E-state index in [0.29, 0.717) is 5.75 Å². The van der Waals surface area contributed by atoms with Gasteiger partial charge in [-0.3, -0.25) is 10.0 Å². The molecule has 0 spiro atoms. The number of amides is 1. The van der Waals surface area contributed by atoms with Crippen molar-refractivity contribution in [1.29, 1.82) is 0 Å². The number of rotatable bonds is 4. The molecule has 1 amide bonds. The molecule has 0 unspecified atom stereocenters. The SMILES string of the molecule is COc1ccc(S(=O)(=O)N2C[C@@H](O)C[C@@H]2C(=O)NO)cc1. The lowest BCUT2D eigenvalue weighted by Gasteiger charge is -2.22. The van der Waals surface area contributed by atoms with Gasteiger partial charge in [-0.05, 0) is 24.3 Å². The zero-order chi connectivity index (χ0) is 15.6. The molecule has 2 rings (SSSR count). The Morgan fingerprint density at radius 3 is 2.52 bits per heavy atom. The standard InChI is InChI=1S/C12H16N2O6S/c1-20-9-2-4-10(5-3-9)21(18,19)14-7-8(15)6-11(14)12(16)13-17/h2-5,8,11,15,17H,6-7H2,1H3,(H,13,16)/t8-,11+/m0/s1. The molecule has 8 nitrogen and oxygen atoms in total. The number of carbonyl (C=O) groups excluding carboxylic acids is 1. The van der Waals surface area contributed by atoms with Gasteiger partial charge in [0.15, 0.2) is 0 Å². The Balaban J connectivity index is 2.34. The van der Waals surface area contributed by atoms with Crippen molar-refractivity contribution < 1.29 is 28.3 Å². The highest BCUT2D eigenvalue weighted by Crippen LogP contribution is 2.27. The first-order chi connectivity index (χ1) is 9.90. The third-order valence-corrected chi connectivity index (χ3v) is 5.20. The summed E-state index contributed by atoms with van der Waals surface area (Å²) >= 11 is 0. The molecule has 1 aromatic rings. The van der Waals surface area contributed by atoms with E-state index in [1.165, 1.54) is 36.9 Å². The summed E-state index contributed by atoms with van der Waals surface area (Å²) in [5.41, 5.74) is 1.42. The largest absolute Gasteiger partial charge is 0.497 e.